The summed E-state index contributed by atoms with van der Waals surface area (Å²) in [5.74, 6) is -0.0273. The van der Waals surface area contributed by atoms with E-state index in [0.29, 0.717) is 12.4 Å². The molecule has 0 aliphatic carbocycles. The highest BCUT2D eigenvalue weighted by molar-refractivity contribution is 6.17. The molecule has 0 radical (unpaired) electrons. The van der Waals surface area contributed by atoms with Gasteiger partial charge in [0.2, 0.25) is 5.78 Å². The molecule has 154 valence electrons. The molecule has 0 fully saturated rings. The van der Waals surface area contributed by atoms with Gasteiger partial charge >= 0.3 is 0 Å². The van der Waals surface area contributed by atoms with Crippen molar-refractivity contribution < 1.29 is 24.5 Å². The van der Waals surface area contributed by atoms with Crippen LogP contribution in [-0.2, 0) is 13.7 Å². The molecule has 3 aromatic carbocycles. The van der Waals surface area contributed by atoms with E-state index in [1.54, 1.807) is 6.08 Å². The zero-order valence-electron chi connectivity index (χ0n) is 16.7. The molecule has 6 nitrogen and oxygen atoms in total. The first-order valence-electron chi connectivity index (χ1n) is 9.76. The quantitative estimate of drug-likeness (QED) is 0.471. The van der Waals surface area contributed by atoms with Crippen LogP contribution in [0.4, 0.5) is 0 Å². The number of hydrogen-bond donors (Lipinski definition) is 2. The zero-order valence-corrected chi connectivity index (χ0v) is 16.7. The van der Waals surface area contributed by atoms with Gasteiger partial charge in [0, 0.05) is 36.3 Å². The molecular formula is C25H19NO5. The monoisotopic (exact) mass is 413 g/mol. The van der Waals surface area contributed by atoms with Crippen LogP contribution in [0, 0.1) is 0 Å². The van der Waals surface area contributed by atoms with E-state index in [-0.39, 0.29) is 28.6 Å². The van der Waals surface area contributed by atoms with Crippen molar-refractivity contribution in [2.75, 3.05) is 0 Å². The van der Waals surface area contributed by atoms with Crippen LogP contribution in [0.25, 0.3) is 17.0 Å². The number of benzene rings is 3. The van der Waals surface area contributed by atoms with Crippen molar-refractivity contribution in [3.05, 3.63) is 89.3 Å². The van der Waals surface area contributed by atoms with Gasteiger partial charge in [-0.25, -0.2) is 0 Å². The lowest BCUT2D eigenvalue weighted by Gasteiger charge is -2.09. The fourth-order valence-corrected chi connectivity index (χ4v) is 3.83. The maximum absolute atomic E-state index is 12.8. The number of aromatic nitrogens is 1. The number of rotatable bonds is 4. The first-order chi connectivity index (χ1) is 15.0. The number of ether oxygens (including phenoxy) is 2. The van der Waals surface area contributed by atoms with Crippen molar-refractivity contribution in [3.63, 3.8) is 0 Å². The molecule has 0 unspecified atom stereocenters. The number of phenols is 2. The smallest absolute Gasteiger partial charge is 0.235 e. The Morgan fingerprint density at radius 2 is 1.87 bits per heavy atom. The highest BCUT2D eigenvalue weighted by Crippen LogP contribution is 2.41. The number of carbonyl (C=O) groups is 1. The minimum absolute atomic E-state index is 0.0461. The molecule has 5 rings (SSSR count). The van der Waals surface area contributed by atoms with Crippen LogP contribution >= 0.6 is 0 Å². The zero-order chi connectivity index (χ0) is 21.5. The van der Waals surface area contributed by atoms with E-state index in [9.17, 15) is 15.0 Å². The normalized spacial score (nSPS) is 14.1. The number of fused-ring (bicyclic) bond motifs is 2. The second-order valence-corrected chi connectivity index (χ2v) is 7.40. The highest BCUT2D eigenvalue weighted by Gasteiger charge is 2.31. The summed E-state index contributed by atoms with van der Waals surface area (Å²) in [5.41, 5.74) is 2.79. The number of ketones is 1. The van der Waals surface area contributed by atoms with E-state index >= 15 is 0 Å². The molecule has 2 N–H and O–H groups in total. The topological polar surface area (TPSA) is 80.9 Å². The van der Waals surface area contributed by atoms with Crippen molar-refractivity contribution >= 4 is 22.8 Å². The number of Topliss-reactive ketones (excluding diaryl/α,β-unsaturated/α-hetero) is 1. The molecule has 4 aromatic rings. The largest absolute Gasteiger partial charge is 0.508 e. The predicted octanol–water partition coefficient (Wildman–Crippen LogP) is 4.78. The van der Waals surface area contributed by atoms with E-state index in [4.69, 9.17) is 9.47 Å². The molecule has 1 aromatic heterocycles. The van der Waals surface area contributed by atoms with E-state index in [1.807, 2.05) is 66.3 Å². The van der Waals surface area contributed by atoms with E-state index < -0.39 is 5.78 Å². The van der Waals surface area contributed by atoms with Crippen molar-refractivity contribution in [2.45, 2.75) is 6.61 Å². The number of aryl methyl sites for hydroxylation is 1. The molecule has 1 aliphatic rings. The summed E-state index contributed by atoms with van der Waals surface area (Å²) in [6.07, 6.45) is 3.53. The summed E-state index contributed by atoms with van der Waals surface area (Å²) < 4.78 is 13.7. The molecule has 6 heteroatoms. The molecular weight excluding hydrogens is 394 g/mol. The lowest BCUT2D eigenvalue weighted by atomic mass is 10.1. The third kappa shape index (κ3) is 3.28. The van der Waals surface area contributed by atoms with Crippen LogP contribution in [0.2, 0.25) is 0 Å². The van der Waals surface area contributed by atoms with Gasteiger partial charge in [-0.2, -0.15) is 0 Å². The molecule has 31 heavy (non-hydrogen) atoms. The summed E-state index contributed by atoms with van der Waals surface area (Å²) >= 11 is 0. The Morgan fingerprint density at radius 1 is 1.06 bits per heavy atom. The first kappa shape index (κ1) is 18.8. The Bertz CT molecular complexity index is 1350. The minimum Gasteiger partial charge on any atom is -0.508 e. The Kier molecular flexibility index (Phi) is 4.40. The summed E-state index contributed by atoms with van der Waals surface area (Å²) in [6.45, 7) is 0.416. The Balaban J connectivity index is 1.55. The summed E-state index contributed by atoms with van der Waals surface area (Å²) in [5, 5.41) is 20.6. The summed E-state index contributed by atoms with van der Waals surface area (Å²) in [4.78, 5) is 12.8. The molecule has 0 saturated carbocycles. The maximum atomic E-state index is 12.8. The SMILES string of the molecule is Cn1cc(/C=C2/Oc3cc(O)cc(O)c3C2=O)c2c(OCc3ccccc3)cccc21. The van der Waals surface area contributed by atoms with Crippen molar-refractivity contribution in [1.82, 2.24) is 4.57 Å². The molecule has 0 spiro atoms. The van der Waals surface area contributed by atoms with Crippen molar-refractivity contribution in [2.24, 2.45) is 7.05 Å². The third-order valence-electron chi connectivity index (χ3n) is 5.27. The lowest BCUT2D eigenvalue weighted by Crippen LogP contribution is -1.99. The number of nitrogens with zero attached hydrogens (tertiary/aromatic N) is 1. The Hall–Kier alpha value is -4.19. The summed E-state index contributed by atoms with van der Waals surface area (Å²) in [7, 11) is 1.92. The molecule has 1 aliphatic heterocycles. The summed E-state index contributed by atoms with van der Waals surface area (Å²) in [6, 6.07) is 18.1. The Labute approximate surface area is 178 Å². The molecule has 2 heterocycles. The van der Waals surface area contributed by atoms with Gasteiger partial charge in [0.05, 0.1) is 5.52 Å². The average molecular weight is 413 g/mol. The van der Waals surface area contributed by atoms with Crippen LogP contribution in [0.5, 0.6) is 23.0 Å². The molecule has 0 atom stereocenters. The van der Waals surface area contributed by atoms with E-state index in [0.717, 1.165) is 28.1 Å². The second kappa shape index (κ2) is 7.25. The lowest BCUT2D eigenvalue weighted by molar-refractivity contribution is 0.101. The average Bonchev–Trinajstić information content (AvgIpc) is 3.24. The number of phenolic OH excluding ortho intramolecular Hbond substituents is 2. The van der Waals surface area contributed by atoms with Gasteiger partial charge in [-0.15, -0.1) is 0 Å². The fourth-order valence-electron chi connectivity index (χ4n) is 3.83. The van der Waals surface area contributed by atoms with Crippen LogP contribution < -0.4 is 9.47 Å². The third-order valence-corrected chi connectivity index (χ3v) is 5.27. The molecule has 0 saturated heterocycles. The molecule has 0 amide bonds. The van der Waals surface area contributed by atoms with Crippen LogP contribution in [0.3, 0.4) is 0 Å². The first-order valence-corrected chi connectivity index (χ1v) is 9.76. The second-order valence-electron chi connectivity index (χ2n) is 7.40. The highest BCUT2D eigenvalue weighted by atomic mass is 16.5. The van der Waals surface area contributed by atoms with Gasteiger partial charge < -0.3 is 24.3 Å². The van der Waals surface area contributed by atoms with Gasteiger partial charge in [0.1, 0.15) is 35.2 Å². The number of hydrogen-bond acceptors (Lipinski definition) is 5. The van der Waals surface area contributed by atoms with Crippen molar-refractivity contribution in [3.8, 4) is 23.0 Å². The van der Waals surface area contributed by atoms with E-state index in [1.165, 1.54) is 6.07 Å². The number of aromatic hydroxyl groups is 2. The van der Waals surface area contributed by atoms with Gasteiger partial charge in [0.15, 0.2) is 5.76 Å². The standard InChI is InChI=1S/C25H19NO5/c1-26-13-16(10-22-25(29)24-19(28)11-17(27)12-21(24)31-22)23-18(26)8-5-9-20(23)30-14-15-6-3-2-4-7-15/h2-13,27-28H,14H2,1H3/b22-10+. The minimum atomic E-state index is -0.438. The van der Waals surface area contributed by atoms with Crippen LogP contribution in [-0.4, -0.2) is 20.6 Å². The maximum Gasteiger partial charge on any atom is 0.235 e. The fraction of sp³-hybridized carbons (Fsp3) is 0.0800. The predicted molar refractivity (Wildman–Crippen MR) is 116 cm³/mol. The van der Waals surface area contributed by atoms with Crippen LogP contribution in [0.1, 0.15) is 21.5 Å². The van der Waals surface area contributed by atoms with Gasteiger partial charge in [-0.05, 0) is 23.8 Å². The Morgan fingerprint density at radius 3 is 2.68 bits per heavy atom. The number of allylic oxidation sites excluding steroid dienone is 1. The van der Waals surface area contributed by atoms with Gasteiger partial charge in [-0.1, -0.05) is 36.4 Å². The van der Waals surface area contributed by atoms with Crippen LogP contribution in [0.15, 0.2) is 72.6 Å². The number of carbonyl (C=O) groups excluding carboxylic acids is 1. The molecule has 0 bridgehead atoms. The van der Waals surface area contributed by atoms with Crippen molar-refractivity contribution in [1.29, 1.82) is 0 Å². The van der Waals surface area contributed by atoms with Gasteiger partial charge in [0.25, 0.3) is 0 Å². The van der Waals surface area contributed by atoms with E-state index in [2.05, 4.69) is 0 Å². The van der Waals surface area contributed by atoms with Gasteiger partial charge in [-0.3, -0.25) is 4.79 Å².